The molecule has 1 aromatic heterocycles. The Bertz CT molecular complexity index is 410. The van der Waals surface area contributed by atoms with Crippen molar-refractivity contribution in [2.75, 3.05) is 18.9 Å². The van der Waals surface area contributed by atoms with Gasteiger partial charge in [-0.25, -0.2) is 4.98 Å². The van der Waals surface area contributed by atoms with Crippen molar-refractivity contribution in [1.29, 1.82) is 0 Å². The molecule has 1 heterocycles. The van der Waals surface area contributed by atoms with Crippen LogP contribution in [0.3, 0.4) is 0 Å². The Kier molecular flexibility index (Phi) is 5.54. The maximum Gasteiger partial charge on any atom is 0.221 e. The molecule has 19 heavy (non-hydrogen) atoms. The maximum absolute atomic E-state index is 5.81. The lowest BCUT2D eigenvalue weighted by atomic mass is 10.2. The highest BCUT2D eigenvalue weighted by Crippen LogP contribution is 2.19. The Morgan fingerprint density at radius 2 is 1.68 bits per heavy atom. The Balaban J connectivity index is 2.62. The number of hydrogen-bond acceptors (Lipinski definition) is 5. The summed E-state index contributed by atoms with van der Waals surface area (Å²) >= 11 is 0. The summed E-state index contributed by atoms with van der Waals surface area (Å²) in [6.07, 6.45) is 0. The highest BCUT2D eigenvalue weighted by atomic mass is 16.5. The summed E-state index contributed by atoms with van der Waals surface area (Å²) in [6, 6.07) is 1.00. The Morgan fingerprint density at radius 3 is 2.21 bits per heavy atom. The van der Waals surface area contributed by atoms with Crippen LogP contribution in [0.2, 0.25) is 0 Å². The van der Waals surface area contributed by atoms with Crippen molar-refractivity contribution >= 4 is 5.82 Å². The number of ether oxygens (including phenoxy) is 1. The smallest absolute Gasteiger partial charge is 0.221 e. The predicted molar refractivity (Wildman–Crippen MR) is 78.4 cm³/mol. The van der Waals surface area contributed by atoms with E-state index in [0.717, 1.165) is 12.1 Å². The van der Waals surface area contributed by atoms with Crippen LogP contribution in [-0.2, 0) is 0 Å². The fourth-order valence-electron chi connectivity index (χ4n) is 2.12. The fourth-order valence-corrected chi connectivity index (χ4v) is 2.12. The van der Waals surface area contributed by atoms with Crippen molar-refractivity contribution in [3.05, 3.63) is 11.4 Å². The minimum Gasteiger partial charge on any atom is -0.476 e. The number of hydrogen-bond donors (Lipinski definition) is 1. The van der Waals surface area contributed by atoms with E-state index in [2.05, 4.69) is 42.6 Å². The van der Waals surface area contributed by atoms with E-state index in [0.29, 0.717) is 36.2 Å². The fraction of sp³-hybridized carbons (Fsp3) is 0.714. The molecule has 0 aliphatic rings. The van der Waals surface area contributed by atoms with E-state index in [9.17, 15) is 0 Å². The van der Waals surface area contributed by atoms with E-state index in [4.69, 9.17) is 10.5 Å². The van der Waals surface area contributed by atoms with Gasteiger partial charge < -0.3 is 10.5 Å². The summed E-state index contributed by atoms with van der Waals surface area (Å²) in [5.74, 6) is 1.73. The van der Waals surface area contributed by atoms with Crippen molar-refractivity contribution in [3.63, 3.8) is 0 Å². The third kappa shape index (κ3) is 4.35. The molecule has 0 saturated heterocycles. The molecule has 1 aromatic rings. The van der Waals surface area contributed by atoms with Gasteiger partial charge in [-0.1, -0.05) is 0 Å². The van der Waals surface area contributed by atoms with Crippen molar-refractivity contribution in [1.82, 2.24) is 14.9 Å². The highest BCUT2D eigenvalue weighted by Gasteiger charge is 2.14. The molecule has 0 amide bonds. The normalized spacial score (nSPS) is 11.6. The van der Waals surface area contributed by atoms with Gasteiger partial charge in [0.05, 0.1) is 5.56 Å². The second kappa shape index (κ2) is 6.70. The average molecular weight is 266 g/mol. The van der Waals surface area contributed by atoms with Crippen LogP contribution >= 0.6 is 0 Å². The molecule has 0 aliphatic carbocycles. The van der Waals surface area contributed by atoms with E-state index in [1.54, 1.807) is 0 Å². The van der Waals surface area contributed by atoms with Crippen LogP contribution < -0.4 is 10.5 Å². The van der Waals surface area contributed by atoms with E-state index in [1.807, 2.05) is 13.8 Å². The minimum absolute atomic E-state index is 0.493. The van der Waals surface area contributed by atoms with Crippen LogP contribution in [-0.4, -0.2) is 40.1 Å². The van der Waals surface area contributed by atoms with Gasteiger partial charge in [0.1, 0.15) is 18.2 Å². The first kappa shape index (κ1) is 15.7. The van der Waals surface area contributed by atoms with Gasteiger partial charge in [-0.15, -0.1) is 0 Å². The molecule has 0 aromatic carbocycles. The number of nitrogen functional groups attached to an aromatic ring is 1. The molecule has 5 nitrogen and oxygen atoms in total. The zero-order valence-electron chi connectivity index (χ0n) is 12.9. The van der Waals surface area contributed by atoms with Gasteiger partial charge in [-0.2, -0.15) is 4.98 Å². The standard InChI is InChI=1S/C14H26N4O/c1-9(2)18(10(3)4)7-8-19-14-11(5)13(15)16-12(6)17-14/h9-10H,7-8H2,1-6H3,(H2,15,16,17). The van der Waals surface area contributed by atoms with Crippen LogP contribution in [0.1, 0.15) is 39.1 Å². The second-order valence-electron chi connectivity index (χ2n) is 5.36. The van der Waals surface area contributed by atoms with Gasteiger partial charge in [0.15, 0.2) is 0 Å². The summed E-state index contributed by atoms with van der Waals surface area (Å²) in [5.41, 5.74) is 6.62. The molecule has 0 spiro atoms. The largest absolute Gasteiger partial charge is 0.476 e. The molecule has 0 aliphatic heterocycles. The number of nitrogens with zero attached hydrogens (tertiary/aromatic N) is 3. The van der Waals surface area contributed by atoms with Gasteiger partial charge in [0.25, 0.3) is 0 Å². The molecule has 5 heteroatoms. The van der Waals surface area contributed by atoms with Gasteiger partial charge >= 0.3 is 0 Å². The molecule has 0 unspecified atom stereocenters. The van der Waals surface area contributed by atoms with E-state index < -0.39 is 0 Å². The number of aryl methyl sites for hydroxylation is 1. The molecule has 0 atom stereocenters. The SMILES string of the molecule is Cc1nc(N)c(C)c(OCCN(C(C)C)C(C)C)n1. The van der Waals surface area contributed by atoms with E-state index >= 15 is 0 Å². The van der Waals surface area contributed by atoms with Gasteiger partial charge in [-0.05, 0) is 41.5 Å². The number of nitrogens with two attached hydrogens (primary N) is 1. The molecule has 1 rings (SSSR count). The van der Waals surface area contributed by atoms with Crippen LogP contribution in [0.4, 0.5) is 5.82 Å². The molecule has 0 saturated carbocycles. The van der Waals surface area contributed by atoms with E-state index in [1.165, 1.54) is 0 Å². The first-order valence-corrected chi connectivity index (χ1v) is 6.82. The van der Waals surface area contributed by atoms with Crippen molar-refractivity contribution in [2.24, 2.45) is 0 Å². The summed E-state index contributed by atoms with van der Waals surface area (Å²) in [7, 11) is 0. The summed E-state index contributed by atoms with van der Waals surface area (Å²) in [5, 5.41) is 0. The number of anilines is 1. The summed E-state index contributed by atoms with van der Waals surface area (Å²) in [6.45, 7) is 13.9. The Hall–Kier alpha value is -1.36. The number of aromatic nitrogens is 2. The van der Waals surface area contributed by atoms with Crippen LogP contribution in [0.5, 0.6) is 5.88 Å². The van der Waals surface area contributed by atoms with Crippen LogP contribution in [0.25, 0.3) is 0 Å². The minimum atomic E-state index is 0.493. The highest BCUT2D eigenvalue weighted by molar-refractivity contribution is 5.44. The maximum atomic E-state index is 5.81. The average Bonchev–Trinajstić information content (AvgIpc) is 2.29. The zero-order valence-corrected chi connectivity index (χ0v) is 12.9. The molecule has 0 radical (unpaired) electrons. The first-order chi connectivity index (χ1) is 8.82. The summed E-state index contributed by atoms with van der Waals surface area (Å²) in [4.78, 5) is 10.8. The molecular weight excluding hydrogens is 240 g/mol. The Morgan fingerprint density at radius 1 is 1.11 bits per heavy atom. The van der Waals surface area contributed by atoms with Crippen molar-refractivity contribution < 1.29 is 4.74 Å². The van der Waals surface area contributed by atoms with E-state index in [-0.39, 0.29) is 0 Å². The van der Waals surface area contributed by atoms with Gasteiger partial charge in [0, 0.05) is 18.6 Å². The molecular formula is C14H26N4O. The van der Waals surface area contributed by atoms with Crippen molar-refractivity contribution in [3.8, 4) is 5.88 Å². The lowest BCUT2D eigenvalue weighted by molar-refractivity contribution is 0.139. The van der Waals surface area contributed by atoms with Crippen molar-refractivity contribution in [2.45, 2.75) is 53.6 Å². The first-order valence-electron chi connectivity index (χ1n) is 6.82. The Labute approximate surface area is 116 Å². The molecule has 2 N–H and O–H groups in total. The second-order valence-corrected chi connectivity index (χ2v) is 5.36. The van der Waals surface area contributed by atoms with Gasteiger partial charge in [-0.3, -0.25) is 4.90 Å². The topological polar surface area (TPSA) is 64.3 Å². The molecule has 0 bridgehead atoms. The zero-order chi connectivity index (χ0) is 14.6. The van der Waals surface area contributed by atoms with Crippen LogP contribution in [0.15, 0.2) is 0 Å². The van der Waals surface area contributed by atoms with Gasteiger partial charge in [0.2, 0.25) is 5.88 Å². The van der Waals surface area contributed by atoms with Crippen LogP contribution in [0, 0.1) is 13.8 Å². The predicted octanol–water partition coefficient (Wildman–Crippen LogP) is 2.17. The molecule has 0 fully saturated rings. The third-order valence-electron chi connectivity index (χ3n) is 3.17. The summed E-state index contributed by atoms with van der Waals surface area (Å²) < 4.78 is 5.76. The third-order valence-corrected chi connectivity index (χ3v) is 3.17. The quantitative estimate of drug-likeness (QED) is 0.855. The number of rotatable bonds is 6. The lowest BCUT2D eigenvalue weighted by Crippen LogP contribution is -2.39. The lowest BCUT2D eigenvalue weighted by Gasteiger charge is -2.30. The monoisotopic (exact) mass is 266 g/mol. The molecule has 108 valence electrons.